The summed E-state index contributed by atoms with van der Waals surface area (Å²) in [5, 5.41) is 1.21. The first-order valence-electron chi connectivity index (χ1n) is 5.11. The molecule has 2 nitrogen and oxygen atoms in total. The smallest absolute Gasteiger partial charge is 0.188 e. The van der Waals surface area contributed by atoms with E-state index in [-0.39, 0.29) is 6.79 Å². The molecule has 0 amide bonds. The molecule has 0 aliphatic heterocycles. The third-order valence-electron chi connectivity index (χ3n) is 2.18. The van der Waals surface area contributed by atoms with Crippen molar-refractivity contribution in [2.24, 2.45) is 0 Å². The molecule has 0 aliphatic carbocycles. The van der Waals surface area contributed by atoms with Gasteiger partial charge in [0.15, 0.2) is 6.79 Å². The average Bonchev–Trinajstić information content (AvgIpc) is 2.68. The SMILES string of the molecule is C/C=C/c1cc2cc(OCOC)ccc2s1. The van der Waals surface area contributed by atoms with Crippen molar-refractivity contribution in [1.82, 2.24) is 0 Å². The summed E-state index contributed by atoms with van der Waals surface area (Å²) in [5.74, 6) is 0.846. The van der Waals surface area contributed by atoms with Crippen molar-refractivity contribution in [2.45, 2.75) is 6.92 Å². The third-order valence-corrected chi connectivity index (χ3v) is 3.26. The van der Waals surface area contributed by atoms with E-state index >= 15 is 0 Å². The molecule has 3 heteroatoms. The van der Waals surface area contributed by atoms with Crippen molar-refractivity contribution in [3.05, 3.63) is 35.2 Å². The molecule has 0 aliphatic rings. The average molecular weight is 234 g/mol. The van der Waals surface area contributed by atoms with Crippen LogP contribution in [0.4, 0.5) is 0 Å². The van der Waals surface area contributed by atoms with Gasteiger partial charge in [0.2, 0.25) is 0 Å². The number of hydrogen-bond acceptors (Lipinski definition) is 3. The Labute approximate surface area is 99.1 Å². The van der Waals surface area contributed by atoms with Crippen molar-refractivity contribution in [1.29, 1.82) is 0 Å². The summed E-state index contributed by atoms with van der Waals surface area (Å²) >= 11 is 1.78. The van der Waals surface area contributed by atoms with Crippen LogP contribution in [-0.4, -0.2) is 13.9 Å². The summed E-state index contributed by atoms with van der Waals surface area (Å²) in [6, 6.07) is 8.26. The molecule has 0 saturated heterocycles. The fourth-order valence-corrected chi connectivity index (χ4v) is 2.52. The lowest BCUT2D eigenvalue weighted by Crippen LogP contribution is -1.98. The molecule has 16 heavy (non-hydrogen) atoms. The quantitative estimate of drug-likeness (QED) is 0.746. The topological polar surface area (TPSA) is 18.5 Å². The zero-order valence-corrected chi connectivity index (χ0v) is 10.2. The summed E-state index contributed by atoms with van der Waals surface area (Å²) in [6.07, 6.45) is 4.16. The van der Waals surface area contributed by atoms with E-state index in [1.165, 1.54) is 15.0 Å². The highest BCUT2D eigenvalue weighted by molar-refractivity contribution is 7.19. The number of methoxy groups -OCH3 is 1. The Kier molecular flexibility index (Phi) is 3.59. The summed E-state index contributed by atoms with van der Waals surface area (Å²) < 4.78 is 11.5. The Morgan fingerprint density at radius 1 is 1.31 bits per heavy atom. The van der Waals surface area contributed by atoms with Gasteiger partial charge < -0.3 is 9.47 Å². The minimum atomic E-state index is 0.289. The van der Waals surface area contributed by atoms with Crippen LogP contribution >= 0.6 is 11.3 Å². The molecule has 84 valence electrons. The number of allylic oxidation sites excluding steroid dienone is 1. The number of hydrogen-bond donors (Lipinski definition) is 0. The van der Waals surface area contributed by atoms with Gasteiger partial charge in [-0.2, -0.15) is 0 Å². The van der Waals surface area contributed by atoms with Gasteiger partial charge in [0.25, 0.3) is 0 Å². The molecule has 0 spiro atoms. The van der Waals surface area contributed by atoms with E-state index in [0.717, 1.165) is 5.75 Å². The lowest BCUT2D eigenvalue weighted by Gasteiger charge is -2.03. The normalized spacial score (nSPS) is 11.4. The van der Waals surface area contributed by atoms with Crippen LogP contribution in [0, 0.1) is 0 Å². The van der Waals surface area contributed by atoms with Crippen LogP contribution in [0.5, 0.6) is 5.75 Å². The Morgan fingerprint density at radius 2 is 2.19 bits per heavy atom. The Morgan fingerprint density at radius 3 is 2.94 bits per heavy atom. The summed E-state index contributed by atoms with van der Waals surface area (Å²) in [5.41, 5.74) is 0. The number of ether oxygens (including phenoxy) is 2. The van der Waals surface area contributed by atoms with E-state index in [1.54, 1.807) is 18.4 Å². The van der Waals surface area contributed by atoms with Crippen LogP contribution in [0.3, 0.4) is 0 Å². The van der Waals surface area contributed by atoms with Crippen LogP contribution in [0.1, 0.15) is 11.8 Å². The fourth-order valence-electron chi connectivity index (χ4n) is 1.51. The second-order valence-corrected chi connectivity index (χ2v) is 4.51. The Hall–Kier alpha value is -1.32. The maximum Gasteiger partial charge on any atom is 0.188 e. The second kappa shape index (κ2) is 5.14. The molecule has 0 fully saturated rings. The van der Waals surface area contributed by atoms with Crippen molar-refractivity contribution in [3.8, 4) is 5.75 Å². The van der Waals surface area contributed by atoms with Gasteiger partial charge in [-0.05, 0) is 42.7 Å². The molecule has 0 saturated carbocycles. The van der Waals surface area contributed by atoms with Crippen LogP contribution in [0.2, 0.25) is 0 Å². The molecular weight excluding hydrogens is 220 g/mol. The minimum Gasteiger partial charge on any atom is -0.468 e. The second-order valence-electron chi connectivity index (χ2n) is 3.40. The van der Waals surface area contributed by atoms with Gasteiger partial charge in [-0.1, -0.05) is 6.08 Å². The first kappa shape index (κ1) is 11.2. The Balaban J connectivity index is 2.30. The van der Waals surface area contributed by atoms with E-state index in [1.807, 2.05) is 25.1 Å². The molecule has 0 radical (unpaired) electrons. The molecule has 2 rings (SSSR count). The van der Waals surface area contributed by atoms with Crippen molar-refractivity contribution >= 4 is 27.5 Å². The molecule has 1 aromatic heterocycles. The van der Waals surface area contributed by atoms with E-state index in [0.29, 0.717) is 0 Å². The molecule has 1 heterocycles. The van der Waals surface area contributed by atoms with E-state index < -0.39 is 0 Å². The Bertz CT molecular complexity index is 500. The first-order valence-corrected chi connectivity index (χ1v) is 5.93. The molecule has 0 unspecified atom stereocenters. The predicted molar refractivity (Wildman–Crippen MR) is 69.0 cm³/mol. The standard InChI is InChI=1S/C13H14O2S/c1-3-4-12-8-10-7-11(15-9-14-2)5-6-13(10)16-12/h3-8H,9H2,1-2H3/b4-3+. The molecule has 0 N–H and O–H groups in total. The van der Waals surface area contributed by atoms with Gasteiger partial charge in [-0.3, -0.25) is 0 Å². The van der Waals surface area contributed by atoms with Gasteiger partial charge in [-0.25, -0.2) is 0 Å². The van der Waals surface area contributed by atoms with Gasteiger partial charge in [0.05, 0.1) is 0 Å². The van der Waals surface area contributed by atoms with Crippen molar-refractivity contribution < 1.29 is 9.47 Å². The minimum absolute atomic E-state index is 0.289. The number of benzene rings is 1. The number of rotatable bonds is 4. The zero-order valence-electron chi connectivity index (χ0n) is 9.40. The zero-order chi connectivity index (χ0) is 11.4. The monoisotopic (exact) mass is 234 g/mol. The number of fused-ring (bicyclic) bond motifs is 1. The van der Waals surface area contributed by atoms with Crippen LogP contribution in [0.25, 0.3) is 16.2 Å². The van der Waals surface area contributed by atoms with Gasteiger partial charge in [0.1, 0.15) is 5.75 Å². The largest absolute Gasteiger partial charge is 0.468 e. The highest BCUT2D eigenvalue weighted by Crippen LogP contribution is 2.29. The predicted octanol–water partition coefficient (Wildman–Crippen LogP) is 3.92. The lowest BCUT2D eigenvalue weighted by molar-refractivity contribution is 0.0512. The highest BCUT2D eigenvalue weighted by atomic mass is 32.1. The van der Waals surface area contributed by atoms with Crippen molar-refractivity contribution in [3.63, 3.8) is 0 Å². The van der Waals surface area contributed by atoms with Gasteiger partial charge >= 0.3 is 0 Å². The van der Waals surface area contributed by atoms with E-state index in [2.05, 4.69) is 18.2 Å². The fraction of sp³-hybridized carbons (Fsp3) is 0.231. The summed E-state index contributed by atoms with van der Waals surface area (Å²) in [4.78, 5) is 1.27. The molecule has 0 bridgehead atoms. The molecule has 1 aromatic carbocycles. The number of thiophene rings is 1. The first-order chi connectivity index (χ1) is 7.83. The summed E-state index contributed by atoms with van der Waals surface area (Å²) in [7, 11) is 1.62. The highest BCUT2D eigenvalue weighted by Gasteiger charge is 2.01. The van der Waals surface area contributed by atoms with Gasteiger partial charge in [0, 0.05) is 16.7 Å². The van der Waals surface area contributed by atoms with Gasteiger partial charge in [-0.15, -0.1) is 11.3 Å². The maximum atomic E-state index is 5.40. The van der Waals surface area contributed by atoms with E-state index in [4.69, 9.17) is 9.47 Å². The van der Waals surface area contributed by atoms with Crippen LogP contribution < -0.4 is 4.74 Å². The van der Waals surface area contributed by atoms with Crippen LogP contribution in [-0.2, 0) is 4.74 Å². The molecule has 0 atom stereocenters. The molecular formula is C13H14O2S. The molecule has 2 aromatic rings. The maximum absolute atomic E-state index is 5.40. The van der Waals surface area contributed by atoms with Crippen molar-refractivity contribution in [2.75, 3.05) is 13.9 Å². The lowest BCUT2D eigenvalue weighted by atomic mass is 10.2. The van der Waals surface area contributed by atoms with Crippen LogP contribution in [0.15, 0.2) is 30.3 Å². The summed E-state index contributed by atoms with van der Waals surface area (Å²) in [6.45, 7) is 2.31. The van der Waals surface area contributed by atoms with E-state index in [9.17, 15) is 0 Å². The third kappa shape index (κ3) is 2.43.